The summed E-state index contributed by atoms with van der Waals surface area (Å²) in [6.45, 7) is 2.58. The lowest BCUT2D eigenvalue weighted by Gasteiger charge is -2.16. The van der Waals surface area contributed by atoms with E-state index in [4.69, 9.17) is 26.2 Å². The van der Waals surface area contributed by atoms with E-state index in [1.165, 1.54) is 4.90 Å². The summed E-state index contributed by atoms with van der Waals surface area (Å²) >= 11 is 6.41. The zero-order chi connectivity index (χ0) is 24.7. The molecule has 0 aliphatic heterocycles. The van der Waals surface area contributed by atoms with E-state index in [1.807, 2.05) is 37.3 Å². The maximum atomic E-state index is 12.1. The molecule has 0 radical (unpaired) electrons. The van der Waals surface area contributed by atoms with E-state index in [9.17, 15) is 9.59 Å². The normalized spacial score (nSPS) is 11.6. The minimum absolute atomic E-state index is 0.0965. The van der Waals surface area contributed by atoms with Gasteiger partial charge in [0.05, 0.1) is 12.5 Å². The first-order valence-corrected chi connectivity index (χ1v) is 11.2. The quantitative estimate of drug-likeness (QED) is 0.425. The van der Waals surface area contributed by atoms with E-state index >= 15 is 0 Å². The summed E-state index contributed by atoms with van der Waals surface area (Å²) < 4.78 is 11.5. The minimum atomic E-state index is -0.911. The molecule has 2 aromatic carbocycles. The number of nitrogens with zero attached hydrogens (tertiary/aromatic N) is 2. The van der Waals surface area contributed by atoms with Gasteiger partial charge in [-0.1, -0.05) is 35.9 Å². The molecule has 1 heterocycles. The Morgan fingerprint density at radius 1 is 1.09 bits per heavy atom. The van der Waals surface area contributed by atoms with Crippen LogP contribution in [0, 0.1) is 0 Å². The standard InChI is InChI=1S/C26H27ClN2O5/c1-4-33-24(14-25(30)31)18-6-9-20(10-7-18)34-16-17-5-11-22(27)21(13-17)19-8-12-23(28-15-19)26(32)29(2)3/h5-13,15,24H,4,14,16H2,1-3H3,(H,30,31)/t24-/m0/s1. The van der Waals surface area contributed by atoms with Crippen LogP contribution >= 0.6 is 11.6 Å². The number of hydrogen-bond acceptors (Lipinski definition) is 5. The van der Waals surface area contributed by atoms with Crippen LogP contribution in [0.1, 0.15) is 41.1 Å². The number of hydrogen-bond donors (Lipinski definition) is 1. The Morgan fingerprint density at radius 2 is 1.82 bits per heavy atom. The van der Waals surface area contributed by atoms with E-state index in [1.54, 1.807) is 44.6 Å². The van der Waals surface area contributed by atoms with Gasteiger partial charge in [0, 0.05) is 43.0 Å². The van der Waals surface area contributed by atoms with Gasteiger partial charge in [0.25, 0.3) is 5.91 Å². The molecule has 0 unspecified atom stereocenters. The molecular weight excluding hydrogens is 456 g/mol. The minimum Gasteiger partial charge on any atom is -0.489 e. The molecule has 0 saturated carbocycles. The van der Waals surface area contributed by atoms with E-state index in [-0.39, 0.29) is 12.3 Å². The van der Waals surface area contributed by atoms with Crippen LogP contribution in [0.4, 0.5) is 0 Å². The molecule has 0 fully saturated rings. The monoisotopic (exact) mass is 482 g/mol. The number of benzene rings is 2. The first kappa shape index (κ1) is 25.2. The predicted molar refractivity (Wildman–Crippen MR) is 130 cm³/mol. The lowest BCUT2D eigenvalue weighted by Crippen LogP contribution is -2.22. The second kappa shape index (κ2) is 11.6. The maximum absolute atomic E-state index is 12.1. The molecule has 8 heteroatoms. The highest BCUT2D eigenvalue weighted by Gasteiger charge is 2.16. The SMILES string of the molecule is CCO[C@@H](CC(=O)O)c1ccc(OCc2ccc(Cl)c(-c3ccc(C(=O)N(C)C)nc3)c2)cc1. The Balaban J connectivity index is 1.70. The molecule has 1 N–H and O–H groups in total. The Kier molecular flexibility index (Phi) is 8.62. The second-order valence-electron chi connectivity index (χ2n) is 7.85. The van der Waals surface area contributed by atoms with Crippen molar-refractivity contribution in [1.29, 1.82) is 0 Å². The molecule has 7 nitrogen and oxygen atoms in total. The van der Waals surface area contributed by atoms with Crippen LogP contribution in [0.2, 0.25) is 5.02 Å². The van der Waals surface area contributed by atoms with Crippen molar-refractivity contribution in [2.24, 2.45) is 0 Å². The second-order valence-corrected chi connectivity index (χ2v) is 8.25. The number of pyridine rings is 1. The molecule has 0 aliphatic rings. The Morgan fingerprint density at radius 3 is 2.41 bits per heavy atom. The van der Waals surface area contributed by atoms with Crippen molar-refractivity contribution in [3.05, 3.63) is 82.6 Å². The van der Waals surface area contributed by atoms with Crippen LogP contribution in [-0.4, -0.2) is 47.6 Å². The van der Waals surface area contributed by atoms with Gasteiger partial charge >= 0.3 is 5.97 Å². The molecule has 1 amide bonds. The fourth-order valence-electron chi connectivity index (χ4n) is 3.37. The number of carboxylic acids is 1. The fourth-order valence-corrected chi connectivity index (χ4v) is 3.60. The molecule has 0 saturated heterocycles. The number of aromatic nitrogens is 1. The summed E-state index contributed by atoms with van der Waals surface area (Å²) in [6.07, 6.45) is 1.04. The summed E-state index contributed by atoms with van der Waals surface area (Å²) in [5, 5.41) is 9.66. The van der Waals surface area contributed by atoms with Gasteiger partial charge in [0.1, 0.15) is 18.1 Å². The van der Waals surface area contributed by atoms with Crippen LogP contribution in [0.3, 0.4) is 0 Å². The van der Waals surface area contributed by atoms with Crippen LogP contribution in [0.15, 0.2) is 60.8 Å². The third kappa shape index (κ3) is 6.56. The summed E-state index contributed by atoms with van der Waals surface area (Å²) in [5.74, 6) is -0.424. The third-order valence-corrected chi connectivity index (χ3v) is 5.45. The molecule has 0 bridgehead atoms. The van der Waals surface area contributed by atoms with Crippen molar-refractivity contribution in [3.63, 3.8) is 0 Å². The van der Waals surface area contributed by atoms with Gasteiger partial charge < -0.3 is 19.5 Å². The molecule has 1 atom stereocenters. The molecular formula is C26H27ClN2O5. The number of aliphatic carboxylic acids is 1. The van der Waals surface area contributed by atoms with Crippen molar-refractivity contribution in [3.8, 4) is 16.9 Å². The highest BCUT2D eigenvalue weighted by Crippen LogP contribution is 2.29. The molecule has 0 spiro atoms. The highest BCUT2D eigenvalue weighted by molar-refractivity contribution is 6.33. The molecule has 178 valence electrons. The summed E-state index contributed by atoms with van der Waals surface area (Å²) in [5.41, 5.74) is 3.65. The average molecular weight is 483 g/mol. The summed E-state index contributed by atoms with van der Waals surface area (Å²) in [6, 6.07) is 16.3. The number of amides is 1. The van der Waals surface area contributed by atoms with Gasteiger partial charge in [0.15, 0.2) is 0 Å². The summed E-state index contributed by atoms with van der Waals surface area (Å²) in [7, 11) is 3.36. The number of ether oxygens (including phenoxy) is 2. The van der Waals surface area contributed by atoms with Gasteiger partial charge in [-0.05, 0) is 48.4 Å². The van der Waals surface area contributed by atoms with Crippen LogP contribution in [-0.2, 0) is 16.1 Å². The number of halogens is 1. The van der Waals surface area contributed by atoms with Gasteiger partial charge in [-0.2, -0.15) is 0 Å². The van der Waals surface area contributed by atoms with Gasteiger partial charge in [0.2, 0.25) is 0 Å². The van der Waals surface area contributed by atoms with Crippen LogP contribution in [0.5, 0.6) is 5.75 Å². The van der Waals surface area contributed by atoms with Crippen molar-refractivity contribution in [2.45, 2.75) is 26.1 Å². The lowest BCUT2D eigenvalue weighted by atomic mass is 10.0. The van der Waals surface area contributed by atoms with E-state index in [0.29, 0.717) is 29.7 Å². The molecule has 3 rings (SSSR count). The average Bonchev–Trinajstić information content (AvgIpc) is 2.83. The number of carbonyl (C=O) groups is 2. The third-order valence-electron chi connectivity index (χ3n) is 5.12. The molecule has 0 aliphatic carbocycles. The smallest absolute Gasteiger partial charge is 0.306 e. The van der Waals surface area contributed by atoms with Crippen LogP contribution in [0.25, 0.3) is 11.1 Å². The topological polar surface area (TPSA) is 89.0 Å². The summed E-state index contributed by atoms with van der Waals surface area (Å²) in [4.78, 5) is 28.9. The zero-order valence-electron chi connectivity index (χ0n) is 19.3. The fraction of sp³-hybridized carbons (Fsp3) is 0.269. The van der Waals surface area contributed by atoms with Crippen molar-refractivity contribution in [1.82, 2.24) is 9.88 Å². The first-order chi connectivity index (χ1) is 16.3. The Hall–Kier alpha value is -3.42. The Labute approximate surface area is 203 Å². The molecule has 3 aromatic rings. The number of carbonyl (C=O) groups excluding carboxylic acids is 1. The maximum Gasteiger partial charge on any atom is 0.306 e. The predicted octanol–water partition coefficient (Wildman–Crippen LogP) is 5.24. The zero-order valence-corrected chi connectivity index (χ0v) is 20.1. The Bertz CT molecular complexity index is 1130. The van der Waals surface area contributed by atoms with Gasteiger partial charge in [-0.25, -0.2) is 0 Å². The van der Waals surface area contributed by atoms with Gasteiger partial charge in [-0.15, -0.1) is 0 Å². The first-order valence-electron chi connectivity index (χ1n) is 10.8. The number of rotatable bonds is 10. The number of carboxylic acid groups (broad SMARTS) is 1. The molecule has 1 aromatic heterocycles. The van der Waals surface area contributed by atoms with E-state index in [2.05, 4.69) is 4.98 Å². The van der Waals surface area contributed by atoms with E-state index in [0.717, 1.165) is 22.3 Å². The van der Waals surface area contributed by atoms with Gasteiger partial charge in [-0.3, -0.25) is 14.6 Å². The van der Waals surface area contributed by atoms with E-state index < -0.39 is 12.1 Å². The molecule has 34 heavy (non-hydrogen) atoms. The lowest BCUT2D eigenvalue weighted by molar-refractivity contribution is -0.140. The largest absolute Gasteiger partial charge is 0.489 e. The van der Waals surface area contributed by atoms with Crippen molar-refractivity contribution >= 4 is 23.5 Å². The van der Waals surface area contributed by atoms with Crippen LogP contribution < -0.4 is 4.74 Å². The highest BCUT2D eigenvalue weighted by atomic mass is 35.5. The van der Waals surface area contributed by atoms with Crippen molar-refractivity contribution < 1.29 is 24.2 Å². The van der Waals surface area contributed by atoms with Crippen molar-refractivity contribution in [2.75, 3.05) is 20.7 Å².